The van der Waals surface area contributed by atoms with E-state index in [4.69, 9.17) is 4.74 Å². The maximum absolute atomic E-state index is 13.4. The van der Waals surface area contributed by atoms with Crippen molar-refractivity contribution in [3.63, 3.8) is 0 Å². The number of ether oxygens (including phenoxy) is 1. The van der Waals surface area contributed by atoms with Gasteiger partial charge in [-0.3, -0.25) is 14.5 Å². The number of aliphatic hydroxyl groups excluding tert-OH is 1. The van der Waals surface area contributed by atoms with Gasteiger partial charge in [-0.2, -0.15) is 0 Å². The van der Waals surface area contributed by atoms with E-state index in [9.17, 15) is 14.7 Å². The number of nitrogens with zero attached hydrogens (tertiary/aromatic N) is 2. The van der Waals surface area contributed by atoms with Gasteiger partial charge in [-0.05, 0) is 60.9 Å². The number of anilines is 2. The maximum atomic E-state index is 13.4. The molecule has 1 fully saturated rings. The summed E-state index contributed by atoms with van der Waals surface area (Å²) < 4.78 is 5.55. The summed E-state index contributed by atoms with van der Waals surface area (Å²) in [5, 5.41) is 11.5. The van der Waals surface area contributed by atoms with Gasteiger partial charge in [0, 0.05) is 25.5 Å². The summed E-state index contributed by atoms with van der Waals surface area (Å²) >= 11 is 0. The third-order valence-corrected chi connectivity index (χ3v) is 6.08. The van der Waals surface area contributed by atoms with Crippen molar-refractivity contribution < 1.29 is 19.4 Å². The fourth-order valence-electron chi connectivity index (χ4n) is 4.51. The molecule has 1 atom stereocenters. The molecule has 1 heterocycles. The lowest BCUT2D eigenvalue weighted by atomic mass is 9.93. The highest BCUT2D eigenvalue weighted by atomic mass is 16.5. The summed E-state index contributed by atoms with van der Waals surface area (Å²) in [7, 11) is 5.39. The predicted molar refractivity (Wildman–Crippen MR) is 134 cm³/mol. The first-order chi connectivity index (χ1) is 16.2. The monoisotopic (exact) mass is 456 g/mol. The first-order valence-corrected chi connectivity index (χ1v) is 11.0. The lowest BCUT2D eigenvalue weighted by molar-refractivity contribution is -0.132. The number of carbonyl (C=O) groups is 2. The van der Waals surface area contributed by atoms with Crippen molar-refractivity contribution in [2.45, 2.75) is 19.9 Å². The Morgan fingerprint density at radius 2 is 1.62 bits per heavy atom. The van der Waals surface area contributed by atoms with Gasteiger partial charge in [0.25, 0.3) is 11.7 Å². The number of aryl methyl sites for hydroxylation is 2. The fraction of sp³-hybridized carbons (Fsp3) is 0.214. The van der Waals surface area contributed by atoms with Crippen molar-refractivity contribution >= 4 is 28.8 Å². The molecule has 3 aromatic carbocycles. The van der Waals surface area contributed by atoms with Gasteiger partial charge >= 0.3 is 0 Å². The molecule has 34 heavy (non-hydrogen) atoms. The number of carbonyl (C=O) groups excluding carboxylic acids is 2. The number of benzene rings is 3. The quantitative estimate of drug-likeness (QED) is 0.332. The molecule has 1 amide bonds. The van der Waals surface area contributed by atoms with Crippen LogP contribution in [0.25, 0.3) is 5.76 Å². The van der Waals surface area contributed by atoms with E-state index in [0.29, 0.717) is 17.0 Å². The Morgan fingerprint density at radius 3 is 2.21 bits per heavy atom. The zero-order chi connectivity index (χ0) is 24.6. The van der Waals surface area contributed by atoms with Crippen LogP contribution in [-0.2, 0) is 9.59 Å². The van der Waals surface area contributed by atoms with Crippen molar-refractivity contribution in [1.29, 1.82) is 0 Å². The van der Waals surface area contributed by atoms with Gasteiger partial charge in [0.05, 0.1) is 24.3 Å². The van der Waals surface area contributed by atoms with Gasteiger partial charge in [-0.1, -0.05) is 36.4 Å². The smallest absolute Gasteiger partial charge is 0.300 e. The largest absolute Gasteiger partial charge is 0.507 e. The molecule has 1 saturated heterocycles. The van der Waals surface area contributed by atoms with E-state index in [2.05, 4.69) is 0 Å². The second-order valence-electron chi connectivity index (χ2n) is 8.65. The van der Waals surface area contributed by atoms with E-state index < -0.39 is 17.7 Å². The second-order valence-corrected chi connectivity index (χ2v) is 8.65. The van der Waals surface area contributed by atoms with Crippen molar-refractivity contribution in [3.05, 3.63) is 94.6 Å². The summed E-state index contributed by atoms with van der Waals surface area (Å²) in [6, 6.07) is 19.6. The molecular formula is C28H28N2O4. The van der Waals surface area contributed by atoms with Crippen LogP contribution in [0.15, 0.2) is 72.3 Å². The van der Waals surface area contributed by atoms with Crippen LogP contribution in [0.5, 0.6) is 5.75 Å². The third-order valence-electron chi connectivity index (χ3n) is 6.08. The molecule has 0 saturated carbocycles. The van der Waals surface area contributed by atoms with E-state index >= 15 is 0 Å². The molecule has 0 bridgehead atoms. The van der Waals surface area contributed by atoms with E-state index in [1.54, 1.807) is 6.07 Å². The van der Waals surface area contributed by atoms with Crippen molar-refractivity contribution in [2.24, 2.45) is 0 Å². The van der Waals surface area contributed by atoms with Crippen LogP contribution in [-0.4, -0.2) is 38.0 Å². The number of ketones is 1. The predicted octanol–water partition coefficient (Wildman–Crippen LogP) is 5.00. The van der Waals surface area contributed by atoms with Crippen LogP contribution < -0.4 is 14.5 Å². The number of Topliss-reactive ketones (excluding diaryl/α,β-unsaturated/α-hetero) is 1. The van der Waals surface area contributed by atoms with Crippen LogP contribution in [0.2, 0.25) is 0 Å². The molecule has 0 aromatic heterocycles. The zero-order valence-electron chi connectivity index (χ0n) is 20.0. The molecule has 0 spiro atoms. The highest BCUT2D eigenvalue weighted by molar-refractivity contribution is 6.51. The summed E-state index contributed by atoms with van der Waals surface area (Å²) in [5.74, 6) is -1.19. The lowest BCUT2D eigenvalue weighted by Crippen LogP contribution is -2.29. The van der Waals surface area contributed by atoms with E-state index in [-0.39, 0.29) is 11.3 Å². The van der Waals surface area contributed by atoms with E-state index in [0.717, 1.165) is 22.4 Å². The van der Waals surface area contributed by atoms with Gasteiger partial charge in [-0.25, -0.2) is 0 Å². The number of aliphatic hydroxyl groups is 1. The molecule has 0 radical (unpaired) electrons. The summed E-state index contributed by atoms with van der Waals surface area (Å²) in [5.41, 5.74) is 4.43. The highest BCUT2D eigenvalue weighted by Crippen LogP contribution is 2.44. The Balaban J connectivity index is 1.96. The van der Waals surface area contributed by atoms with Crippen LogP contribution in [0.3, 0.4) is 0 Å². The molecular weight excluding hydrogens is 428 g/mol. The minimum Gasteiger partial charge on any atom is -0.507 e. The molecule has 1 unspecified atom stereocenters. The molecule has 6 heteroatoms. The van der Waals surface area contributed by atoms with Gasteiger partial charge in [0.1, 0.15) is 11.5 Å². The fourth-order valence-corrected chi connectivity index (χ4v) is 4.51. The maximum Gasteiger partial charge on any atom is 0.300 e. The van der Waals surface area contributed by atoms with Gasteiger partial charge < -0.3 is 14.7 Å². The summed E-state index contributed by atoms with van der Waals surface area (Å²) in [4.78, 5) is 30.1. The standard InChI is InChI=1S/C28H28N2O4/c1-17-15-18(2)27(34-5)22(16-17)25(31)23-24(19-9-7-6-8-10-19)30(28(33)26(23)32)21-13-11-20(12-14-21)29(3)4/h6-16,24,31H,1-5H3/b25-23+. The first-order valence-electron chi connectivity index (χ1n) is 11.0. The Bertz CT molecular complexity index is 1280. The van der Waals surface area contributed by atoms with Crippen molar-refractivity contribution in [3.8, 4) is 5.75 Å². The highest BCUT2D eigenvalue weighted by Gasteiger charge is 2.47. The summed E-state index contributed by atoms with van der Waals surface area (Å²) in [6.07, 6.45) is 0. The molecule has 6 nitrogen and oxygen atoms in total. The first kappa shape index (κ1) is 23.1. The lowest BCUT2D eigenvalue weighted by Gasteiger charge is -2.26. The second kappa shape index (κ2) is 9.06. The number of rotatable bonds is 5. The number of hydrogen-bond acceptors (Lipinski definition) is 5. The van der Waals surface area contributed by atoms with Crippen molar-refractivity contribution in [1.82, 2.24) is 0 Å². The van der Waals surface area contributed by atoms with E-state index in [1.165, 1.54) is 12.0 Å². The zero-order valence-corrected chi connectivity index (χ0v) is 20.0. The number of methoxy groups -OCH3 is 1. The van der Waals surface area contributed by atoms with Gasteiger partial charge in [0.2, 0.25) is 0 Å². The molecule has 1 aliphatic heterocycles. The van der Waals surface area contributed by atoms with E-state index in [1.807, 2.05) is 93.5 Å². The van der Waals surface area contributed by atoms with Crippen LogP contribution >= 0.6 is 0 Å². The van der Waals surface area contributed by atoms with Crippen LogP contribution in [0.1, 0.15) is 28.3 Å². The average molecular weight is 457 g/mol. The van der Waals surface area contributed by atoms with Gasteiger partial charge in [0.15, 0.2) is 0 Å². The Kier molecular flexibility index (Phi) is 6.16. The number of amides is 1. The normalized spacial score (nSPS) is 17.2. The minimum absolute atomic E-state index is 0.0381. The van der Waals surface area contributed by atoms with Crippen LogP contribution in [0.4, 0.5) is 11.4 Å². The molecule has 174 valence electrons. The van der Waals surface area contributed by atoms with Gasteiger partial charge in [-0.15, -0.1) is 0 Å². The number of hydrogen-bond donors (Lipinski definition) is 1. The SMILES string of the molecule is COc1c(C)cc(C)cc1/C(O)=C1\C(=O)C(=O)N(c2ccc(N(C)C)cc2)C1c1ccccc1. The molecule has 1 aliphatic rings. The Hall–Kier alpha value is -4.06. The molecule has 4 rings (SSSR count). The Labute approximate surface area is 199 Å². The Morgan fingerprint density at radius 1 is 0.971 bits per heavy atom. The molecule has 0 aliphatic carbocycles. The molecule has 3 aromatic rings. The minimum atomic E-state index is -0.781. The average Bonchev–Trinajstić information content (AvgIpc) is 3.09. The topological polar surface area (TPSA) is 70.1 Å². The van der Waals surface area contributed by atoms with Crippen LogP contribution in [0, 0.1) is 13.8 Å². The summed E-state index contributed by atoms with van der Waals surface area (Å²) in [6.45, 7) is 3.78. The molecule has 1 N–H and O–H groups in total. The van der Waals surface area contributed by atoms with Crippen molar-refractivity contribution in [2.75, 3.05) is 31.0 Å². The third kappa shape index (κ3) is 3.92.